The summed E-state index contributed by atoms with van der Waals surface area (Å²) in [6, 6.07) is 0. The maximum atomic E-state index is 12.6. The van der Waals surface area contributed by atoms with Crippen molar-refractivity contribution in [2.45, 2.75) is 55.4 Å². The van der Waals surface area contributed by atoms with E-state index in [1.54, 1.807) is 0 Å². The van der Waals surface area contributed by atoms with E-state index in [0.717, 1.165) is 38.8 Å². The summed E-state index contributed by atoms with van der Waals surface area (Å²) in [5.74, 6) is 0.708. The highest BCUT2D eigenvalue weighted by atomic mass is 32.2. The number of anilines is 1. The number of piperidine rings is 1. The fourth-order valence-electron chi connectivity index (χ4n) is 4.37. The second-order valence-corrected chi connectivity index (χ2v) is 9.97. The molecule has 0 bridgehead atoms. The molecule has 4 heterocycles. The van der Waals surface area contributed by atoms with Crippen molar-refractivity contribution in [1.82, 2.24) is 14.9 Å². The molecule has 1 aromatic rings. The third kappa shape index (κ3) is 4.00. The van der Waals surface area contributed by atoms with Gasteiger partial charge in [-0.2, -0.15) is 0 Å². The van der Waals surface area contributed by atoms with E-state index >= 15 is 0 Å². The van der Waals surface area contributed by atoms with Gasteiger partial charge in [0.15, 0.2) is 9.84 Å². The Kier molecular flexibility index (Phi) is 5.55. The van der Waals surface area contributed by atoms with Crippen molar-refractivity contribution in [3.05, 3.63) is 11.9 Å². The summed E-state index contributed by atoms with van der Waals surface area (Å²) >= 11 is 0. The van der Waals surface area contributed by atoms with Gasteiger partial charge >= 0.3 is 0 Å². The van der Waals surface area contributed by atoms with Gasteiger partial charge in [-0.1, -0.05) is 0 Å². The van der Waals surface area contributed by atoms with E-state index in [0.29, 0.717) is 44.2 Å². The molecule has 0 N–H and O–H groups in total. The summed E-state index contributed by atoms with van der Waals surface area (Å²) in [4.78, 5) is 25.8. The van der Waals surface area contributed by atoms with Gasteiger partial charge < -0.3 is 14.5 Å². The number of amides is 1. The normalized spacial score (nSPS) is 24.1. The Labute approximate surface area is 166 Å². The van der Waals surface area contributed by atoms with Crippen molar-refractivity contribution in [2.75, 3.05) is 43.9 Å². The van der Waals surface area contributed by atoms with Gasteiger partial charge in [-0.05, 0) is 38.5 Å². The first kappa shape index (κ1) is 19.6. The van der Waals surface area contributed by atoms with E-state index in [2.05, 4.69) is 9.88 Å². The number of carbonyl (C=O) groups is 1. The predicted octanol–water partition coefficient (Wildman–Crippen LogP) is 1.37. The van der Waals surface area contributed by atoms with Crippen LogP contribution in [0.25, 0.3) is 0 Å². The summed E-state index contributed by atoms with van der Waals surface area (Å²) in [6.45, 7) is 3.69. The summed E-state index contributed by atoms with van der Waals surface area (Å²) < 4.78 is 30.1. The quantitative estimate of drug-likeness (QED) is 0.743. The minimum atomic E-state index is -3.41. The molecule has 0 saturated carbocycles. The summed E-state index contributed by atoms with van der Waals surface area (Å²) in [5, 5.41) is 0. The number of nitrogens with zero attached hydrogens (tertiary/aromatic N) is 4. The van der Waals surface area contributed by atoms with Gasteiger partial charge in [0.05, 0.1) is 11.9 Å². The Hall–Kier alpha value is -1.74. The molecule has 0 radical (unpaired) electrons. The number of rotatable bonds is 4. The largest absolute Gasteiger partial charge is 0.368 e. The zero-order valence-corrected chi connectivity index (χ0v) is 17.2. The van der Waals surface area contributed by atoms with E-state index in [4.69, 9.17) is 9.72 Å². The van der Waals surface area contributed by atoms with Crippen LogP contribution in [0.2, 0.25) is 0 Å². The highest BCUT2D eigenvalue weighted by Crippen LogP contribution is 2.33. The molecule has 3 aliphatic heterocycles. The van der Waals surface area contributed by atoms with E-state index in [1.165, 1.54) is 12.5 Å². The number of hydrogen-bond donors (Lipinski definition) is 0. The number of carbonyl (C=O) groups excluding carboxylic acids is 1. The summed E-state index contributed by atoms with van der Waals surface area (Å²) in [6.07, 6.45) is 7.73. The van der Waals surface area contributed by atoms with Gasteiger partial charge in [0.25, 0.3) is 5.91 Å². The monoisotopic (exact) mass is 408 g/mol. The fourth-order valence-corrected chi connectivity index (χ4v) is 5.21. The average molecular weight is 409 g/mol. The molecule has 28 heavy (non-hydrogen) atoms. The lowest BCUT2D eigenvalue weighted by Gasteiger charge is -2.33. The van der Waals surface area contributed by atoms with Crippen LogP contribution in [0.3, 0.4) is 0 Å². The van der Waals surface area contributed by atoms with Crippen LogP contribution in [0.1, 0.15) is 50.1 Å². The van der Waals surface area contributed by atoms with Gasteiger partial charge in [0.2, 0.25) is 5.95 Å². The van der Waals surface area contributed by atoms with Gasteiger partial charge in [-0.15, -0.1) is 0 Å². The smallest absolute Gasteiger partial charge is 0.251 e. The van der Waals surface area contributed by atoms with Gasteiger partial charge in [-0.3, -0.25) is 4.79 Å². The molecule has 0 aliphatic carbocycles. The maximum Gasteiger partial charge on any atom is 0.251 e. The molecule has 0 aromatic carbocycles. The first-order valence-corrected chi connectivity index (χ1v) is 12.0. The maximum absolute atomic E-state index is 12.6. The Morgan fingerprint density at radius 1 is 1.11 bits per heavy atom. The van der Waals surface area contributed by atoms with Crippen LogP contribution < -0.4 is 4.90 Å². The number of hydrogen-bond acceptors (Lipinski definition) is 7. The summed E-state index contributed by atoms with van der Waals surface area (Å²) in [5.41, 5.74) is 0.614. The molecule has 1 aromatic heterocycles. The van der Waals surface area contributed by atoms with Crippen LogP contribution in [0.4, 0.5) is 5.95 Å². The highest BCUT2D eigenvalue weighted by molar-refractivity contribution is 7.90. The molecule has 4 rings (SSSR count). The van der Waals surface area contributed by atoms with Crippen molar-refractivity contribution >= 4 is 21.7 Å². The standard InChI is InChI=1S/C19H28N4O4S/c1-28(25,26)16-13-20-19(23-8-2-3-9-23)21-17(16)14-6-10-22(11-7-14)18(24)15-5-4-12-27-15/h13-15H,2-12H2,1H3. The van der Waals surface area contributed by atoms with E-state index < -0.39 is 9.84 Å². The molecule has 3 aliphatic rings. The minimum Gasteiger partial charge on any atom is -0.368 e. The molecule has 0 spiro atoms. The van der Waals surface area contributed by atoms with Crippen LogP contribution in [0.15, 0.2) is 11.1 Å². The zero-order chi connectivity index (χ0) is 19.7. The minimum absolute atomic E-state index is 0.0163. The van der Waals surface area contributed by atoms with E-state index in [9.17, 15) is 13.2 Å². The van der Waals surface area contributed by atoms with Crippen LogP contribution in [0.5, 0.6) is 0 Å². The molecule has 1 atom stereocenters. The highest BCUT2D eigenvalue weighted by Gasteiger charge is 2.33. The van der Waals surface area contributed by atoms with Gasteiger partial charge in [0.1, 0.15) is 11.0 Å². The fraction of sp³-hybridized carbons (Fsp3) is 0.737. The first-order chi connectivity index (χ1) is 13.4. The second kappa shape index (κ2) is 7.94. The predicted molar refractivity (Wildman–Crippen MR) is 104 cm³/mol. The van der Waals surface area contributed by atoms with Crippen molar-refractivity contribution in [3.63, 3.8) is 0 Å². The molecule has 154 valence electrons. The third-order valence-electron chi connectivity index (χ3n) is 5.96. The van der Waals surface area contributed by atoms with Gasteiger partial charge in [-0.25, -0.2) is 18.4 Å². The molecule has 1 amide bonds. The number of sulfone groups is 1. The Balaban J connectivity index is 1.52. The number of aromatic nitrogens is 2. The molecular formula is C19H28N4O4S. The van der Waals surface area contributed by atoms with Crippen LogP contribution >= 0.6 is 0 Å². The Morgan fingerprint density at radius 3 is 2.43 bits per heavy atom. The van der Waals surface area contributed by atoms with Crippen molar-refractivity contribution < 1.29 is 17.9 Å². The first-order valence-electron chi connectivity index (χ1n) is 10.2. The van der Waals surface area contributed by atoms with Gasteiger partial charge in [0, 0.05) is 45.0 Å². The molecule has 1 unspecified atom stereocenters. The van der Waals surface area contributed by atoms with Crippen molar-refractivity contribution in [3.8, 4) is 0 Å². The van der Waals surface area contributed by atoms with Crippen LogP contribution in [0, 0.1) is 0 Å². The SMILES string of the molecule is CS(=O)(=O)c1cnc(N2CCCC2)nc1C1CCN(C(=O)C2CCCO2)CC1. The van der Waals surface area contributed by atoms with Crippen molar-refractivity contribution in [2.24, 2.45) is 0 Å². The average Bonchev–Trinajstić information content (AvgIpc) is 3.40. The lowest BCUT2D eigenvalue weighted by molar-refractivity contribution is -0.142. The lowest BCUT2D eigenvalue weighted by Crippen LogP contribution is -2.43. The number of ether oxygens (including phenoxy) is 1. The molecule has 3 fully saturated rings. The van der Waals surface area contributed by atoms with Crippen molar-refractivity contribution in [1.29, 1.82) is 0 Å². The third-order valence-corrected chi connectivity index (χ3v) is 7.07. The Bertz CT molecular complexity index is 824. The summed E-state index contributed by atoms with van der Waals surface area (Å²) in [7, 11) is -3.41. The van der Waals surface area contributed by atoms with E-state index in [1.807, 2.05) is 4.90 Å². The molecular weight excluding hydrogens is 380 g/mol. The van der Waals surface area contributed by atoms with Crippen LogP contribution in [-0.2, 0) is 19.4 Å². The molecule has 3 saturated heterocycles. The zero-order valence-electron chi connectivity index (χ0n) is 16.3. The second-order valence-electron chi connectivity index (χ2n) is 7.99. The van der Waals surface area contributed by atoms with Crippen LogP contribution in [-0.4, -0.2) is 74.3 Å². The van der Waals surface area contributed by atoms with E-state index in [-0.39, 0.29) is 22.8 Å². The number of likely N-dealkylation sites (tertiary alicyclic amines) is 1. The lowest BCUT2D eigenvalue weighted by atomic mass is 9.93. The molecule has 9 heteroatoms. The topological polar surface area (TPSA) is 92.7 Å². The molecule has 8 nitrogen and oxygen atoms in total. The Morgan fingerprint density at radius 2 is 1.82 bits per heavy atom.